The lowest BCUT2D eigenvalue weighted by atomic mass is 10.2. The van der Waals surface area contributed by atoms with E-state index in [1.54, 1.807) is 0 Å². The molecule has 0 saturated carbocycles. The Kier molecular flexibility index (Phi) is 3.51. The van der Waals surface area contributed by atoms with Crippen LogP contribution < -0.4 is 11.1 Å². The number of rotatable bonds is 4. The fourth-order valence-corrected chi connectivity index (χ4v) is 1.23. The van der Waals surface area contributed by atoms with Crippen molar-refractivity contribution >= 4 is 11.5 Å². The van der Waals surface area contributed by atoms with Crippen LogP contribution in [0, 0.1) is 6.92 Å². The fraction of sp³-hybridized carbons (Fsp3) is 0.364. The first-order valence-corrected chi connectivity index (χ1v) is 4.74. The van der Waals surface area contributed by atoms with Crippen LogP contribution in [0.5, 0.6) is 0 Å². The minimum Gasteiger partial charge on any atom is -0.396 e. The first kappa shape index (κ1) is 10.6. The quantitative estimate of drug-likeness (QED) is 0.718. The van der Waals surface area contributed by atoms with Gasteiger partial charge in [-0.05, 0) is 32.4 Å². The summed E-state index contributed by atoms with van der Waals surface area (Å²) >= 11 is 0. The summed E-state index contributed by atoms with van der Waals surface area (Å²) in [6, 6.07) is 4.08. The second-order valence-electron chi connectivity index (χ2n) is 3.46. The minimum atomic E-state index is 0.309. The molecule has 0 aliphatic rings. The Morgan fingerprint density at radius 2 is 2.36 bits per heavy atom. The van der Waals surface area contributed by atoms with Gasteiger partial charge in [0.25, 0.3) is 0 Å². The molecule has 0 radical (unpaired) electrons. The third-order valence-corrected chi connectivity index (χ3v) is 1.97. The Labute approximate surface area is 85.0 Å². The predicted molar refractivity (Wildman–Crippen MR) is 61.3 cm³/mol. The molecule has 1 atom stereocenters. The maximum atomic E-state index is 5.78. The van der Waals surface area contributed by atoms with Gasteiger partial charge in [0.15, 0.2) is 0 Å². The third-order valence-electron chi connectivity index (χ3n) is 1.97. The molecule has 1 heterocycles. The summed E-state index contributed by atoms with van der Waals surface area (Å²) in [4.78, 5) is 4.32. The van der Waals surface area contributed by atoms with Crippen LogP contribution in [0.2, 0.25) is 0 Å². The zero-order chi connectivity index (χ0) is 10.6. The first-order valence-electron chi connectivity index (χ1n) is 4.74. The van der Waals surface area contributed by atoms with E-state index < -0.39 is 0 Å². The largest absolute Gasteiger partial charge is 0.396 e. The van der Waals surface area contributed by atoms with Gasteiger partial charge in [-0.15, -0.1) is 6.58 Å². The van der Waals surface area contributed by atoms with Crippen molar-refractivity contribution in [3.05, 3.63) is 30.5 Å². The summed E-state index contributed by atoms with van der Waals surface area (Å²) in [5.41, 5.74) is 7.43. The average Bonchev–Trinajstić information content (AvgIpc) is 2.12. The Morgan fingerprint density at radius 1 is 1.64 bits per heavy atom. The van der Waals surface area contributed by atoms with Crippen LogP contribution in [0.1, 0.15) is 19.0 Å². The van der Waals surface area contributed by atoms with E-state index in [0.29, 0.717) is 11.7 Å². The second-order valence-corrected chi connectivity index (χ2v) is 3.46. The zero-order valence-corrected chi connectivity index (χ0v) is 8.75. The number of nitrogens with one attached hydrogen (secondary N) is 1. The monoisotopic (exact) mass is 191 g/mol. The van der Waals surface area contributed by atoms with Crippen molar-refractivity contribution in [2.24, 2.45) is 0 Å². The molecule has 3 nitrogen and oxygen atoms in total. The predicted octanol–water partition coefficient (Wildman–Crippen LogP) is 2.35. The van der Waals surface area contributed by atoms with Crippen molar-refractivity contribution in [1.82, 2.24) is 4.98 Å². The Hall–Kier alpha value is -1.51. The fourth-order valence-electron chi connectivity index (χ4n) is 1.23. The van der Waals surface area contributed by atoms with E-state index in [1.807, 2.05) is 25.1 Å². The van der Waals surface area contributed by atoms with E-state index in [1.165, 1.54) is 0 Å². The first-order chi connectivity index (χ1) is 6.63. The van der Waals surface area contributed by atoms with Crippen LogP contribution in [-0.4, -0.2) is 11.0 Å². The Balaban J connectivity index is 2.74. The van der Waals surface area contributed by atoms with Crippen molar-refractivity contribution in [2.45, 2.75) is 26.3 Å². The Morgan fingerprint density at radius 3 is 3.00 bits per heavy atom. The van der Waals surface area contributed by atoms with Gasteiger partial charge >= 0.3 is 0 Å². The molecule has 1 aromatic heterocycles. The van der Waals surface area contributed by atoms with Gasteiger partial charge in [0.1, 0.15) is 5.82 Å². The highest BCUT2D eigenvalue weighted by Crippen LogP contribution is 2.16. The van der Waals surface area contributed by atoms with Gasteiger partial charge in [-0.2, -0.15) is 0 Å². The number of pyridine rings is 1. The molecule has 14 heavy (non-hydrogen) atoms. The molecular formula is C11H17N3. The van der Waals surface area contributed by atoms with Crippen molar-refractivity contribution in [3.8, 4) is 0 Å². The zero-order valence-electron chi connectivity index (χ0n) is 8.75. The number of aromatic nitrogens is 1. The number of nitrogens with zero attached hydrogens (tertiary/aromatic N) is 1. The number of hydrogen-bond acceptors (Lipinski definition) is 3. The lowest BCUT2D eigenvalue weighted by Crippen LogP contribution is -2.16. The standard InChI is InChI=1S/C11H17N3/c1-4-5-8(2)13-11-10(12)7-6-9(3)14-11/h4,6-8H,1,5,12H2,2-3H3,(H,13,14). The summed E-state index contributed by atoms with van der Waals surface area (Å²) in [7, 11) is 0. The SMILES string of the molecule is C=CCC(C)Nc1nc(C)ccc1N. The van der Waals surface area contributed by atoms with Gasteiger partial charge in [0, 0.05) is 11.7 Å². The highest BCUT2D eigenvalue weighted by Gasteiger charge is 2.04. The van der Waals surface area contributed by atoms with Gasteiger partial charge in [-0.25, -0.2) is 4.98 Å². The maximum Gasteiger partial charge on any atom is 0.149 e. The number of nitrogen functional groups attached to an aromatic ring is 1. The average molecular weight is 191 g/mol. The van der Waals surface area contributed by atoms with Crippen molar-refractivity contribution in [1.29, 1.82) is 0 Å². The molecule has 0 aliphatic carbocycles. The van der Waals surface area contributed by atoms with Gasteiger partial charge < -0.3 is 11.1 Å². The van der Waals surface area contributed by atoms with Crippen LogP contribution in [0.25, 0.3) is 0 Å². The minimum absolute atomic E-state index is 0.309. The molecule has 3 heteroatoms. The van der Waals surface area contributed by atoms with E-state index in [-0.39, 0.29) is 0 Å². The van der Waals surface area contributed by atoms with E-state index in [9.17, 15) is 0 Å². The summed E-state index contributed by atoms with van der Waals surface area (Å²) in [5, 5.41) is 3.24. The number of aryl methyl sites for hydroxylation is 1. The Bertz CT molecular complexity index is 320. The maximum absolute atomic E-state index is 5.78. The van der Waals surface area contributed by atoms with Gasteiger partial charge in [0.2, 0.25) is 0 Å². The van der Waals surface area contributed by atoms with E-state index in [4.69, 9.17) is 5.73 Å². The lowest BCUT2D eigenvalue weighted by Gasteiger charge is -2.14. The van der Waals surface area contributed by atoms with Crippen molar-refractivity contribution in [3.63, 3.8) is 0 Å². The number of nitrogens with two attached hydrogens (primary N) is 1. The molecule has 76 valence electrons. The second kappa shape index (κ2) is 4.65. The molecule has 0 aliphatic heterocycles. The van der Waals surface area contributed by atoms with Crippen molar-refractivity contribution < 1.29 is 0 Å². The normalized spacial score (nSPS) is 12.1. The van der Waals surface area contributed by atoms with Gasteiger partial charge in [-0.3, -0.25) is 0 Å². The number of anilines is 2. The lowest BCUT2D eigenvalue weighted by molar-refractivity contribution is 0.807. The van der Waals surface area contributed by atoms with Crippen LogP contribution >= 0.6 is 0 Å². The van der Waals surface area contributed by atoms with Crippen LogP contribution in [-0.2, 0) is 0 Å². The smallest absolute Gasteiger partial charge is 0.149 e. The molecule has 0 aromatic carbocycles. The molecule has 0 bridgehead atoms. The summed E-state index contributed by atoms with van der Waals surface area (Å²) < 4.78 is 0. The van der Waals surface area contributed by atoms with Gasteiger partial charge in [0.05, 0.1) is 5.69 Å². The van der Waals surface area contributed by atoms with Crippen molar-refractivity contribution in [2.75, 3.05) is 11.1 Å². The molecule has 1 rings (SSSR count). The highest BCUT2D eigenvalue weighted by molar-refractivity contribution is 5.61. The van der Waals surface area contributed by atoms with Crippen LogP contribution in [0.3, 0.4) is 0 Å². The molecule has 1 unspecified atom stereocenters. The van der Waals surface area contributed by atoms with E-state index in [2.05, 4.69) is 23.8 Å². The number of hydrogen-bond donors (Lipinski definition) is 2. The molecule has 1 aromatic rings. The summed E-state index contributed by atoms with van der Waals surface area (Å²) in [6.45, 7) is 7.71. The summed E-state index contributed by atoms with van der Waals surface area (Å²) in [5.74, 6) is 0.763. The van der Waals surface area contributed by atoms with Crippen LogP contribution in [0.4, 0.5) is 11.5 Å². The molecular weight excluding hydrogens is 174 g/mol. The van der Waals surface area contributed by atoms with Gasteiger partial charge in [-0.1, -0.05) is 6.08 Å². The third kappa shape index (κ3) is 2.76. The molecule has 0 spiro atoms. The van der Waals surface area contributed by atoms with Crippen LogP contribution in [0.15, 0.2) is 24.8 Å². The topological polar surface area (TPSA) is 50.9 Å². The molecule has 0 saturated heterocycles. The molecule has 0 fully saturated rings. The summed E-state index contributed by atoms with van der Waals surface area (Å²) in [6.07, 6.45) is 2.78. The van der Waals surface area contributed by atoms with E-state index >= 15 is 0 Å². The molecule has 3 N–H and O–H groups in total. The molecule has 0 amide bonds. The highest BCUT2D eigenvalue weighted by atomic mass is 15.0. The van der Waals surface area contributed by atoms with E-state index in [0.717, 1.165) is 17.9 Å².